The number of rotatable bonds is 3. The second kappa shape index (κ2) is 7.22. The second-order valence-corrected chi connectivity index (χ2v) is 7.90. The van der Waals surface area contributed by atoms with Crippen molar-refractivity contribution >= 4 is 27.6 Å². The van der Waals surface area contributed by atoms with Crippen LogP contribution < -0.4 is 4.90 Å². The van der Waals surface area contributed by atoms with E-state index in [-0.39, 0.29) is 0 Å². The number of aromatic nitrogens is 2. The van der Waals surface area contributed by atoms with E-state index in [4.69, 9.17) is 9.97 Å². The molecule has 1 saturated carbocycles. The third-order valence-electron chi connectivity index (χ3n) is 5.31. The maximum atomic E-state index is 4.99. The molecule has 1 aromatic heterocycles. The first-order valence-electron chi connectivity index (χ1n) is 9.21. The summed E-state index contributed by atoms with van der Waals surface area (Å²) in [5.74, 6) is 0.893. The highest BCUT2D eigenvalue weighted by atomic mass is 79.9. The monoisotopic (exact) mass is 385 g/mol. The Morgan fingerprint density at radius 1 is 0.917 bits per heavy atom. The Morgan fingerprint density at radius 3 is 2.46 bits per heavy atom. The van der Waals surface area contributed by atoms with Crippen LogP contribution in [0.4, 0.5) is 11.6 Å². The summed E-state index contributed by atoms with van der Waals surface area (Å²) in [5.41, 5.74) is 3.83. The van der Waals surface area contributed by atoms with Crippen molar-refractivity contribution in [3.05, 3.63) is 46.2 Å². The number of hydrogen-bond acceptors (Lipinski definition) is 3. The zero-order valence-corrected chi connectivity index (χ0v) is 15.6. The number of anilines is 2. The molecule has 0 amide bonds. The summed E-state index contributed by atoms with van der Waals surface area (Å²) < 4.78 is 1.11. The maximum absolute atomic E-state index is 4.99. The Bertz CT molecular complexity index is 693. The molecule has 1 fully saturated rings. The Labute approximate surface area is 152 Å². The molecule has 2 aliphatic carbocycles. The first kappa shape index (κ1) is 16.1. The lowest BCUT2D eigenvalue weighted by atomic mass is 9.94. The molecular formula is C20H24BrN3. The van der Waals surface area contributed by atoms with Crippen LogP contribution in [0, 0.1) is 0 Å². The van der Waals surface area contributed by atoms with Gasteiger partial charge in [0, 0.05) is 28.1 Å². The fraction of sp³-hybridized carbons (Fsp3) is 0.500. The summed E-state index contributed by atoms with van der Waals surface area (Å²) in [6.07, 6.45) is 13.3. The van der Waals surface area contributed by atoms with Gasteiger partial charge < -0.3 is 4.90 Å². The predicted molar refractivity (Wildman–Crippen MR) is 102 cm³/mol. The molecule has 1 heterocycles. The van der Waals surface area contributed by atoms with Gasteiger partial charge in [0.05, 0.1) is 0 Å². The highest BCUT2D eigenvalue weighted by Gasteiger charge is 2.26. The van der Waals surface area contributed by atoms with Gasteiger partial charge >= 0.3 is 0 Å². The lowest BCUT2D eigenvalue weighted by molar-refractivity contribution is 0.432. The molecule has 0 aliphatic heterocycles. The second-order valence-electron chi connectivity index (χ2n) is 6.99. The molecule has 4 heteroatoms. The number of nitrogens with zero attached hydrogens (tertiary/aromatic N) is 3. The van der Waals surface area contributed by atoms with Crippen molar-refractivity contribution < 1.29 is 0 Å². The van der Waals surface area contributed by atoms with Gasteiger partial charge in [-0.2, -0.15) is 0 Å². The van der Waals surface area contributed by atoms with E-state index in [2.05, 4.69) is 51.3 Å². The van der Waals surface area contributed by atoms with Gasteiger partial charge in [0.25, 0.3) is 0 Å². The first-order chi connectivity index (χ1) is 11.8. The third kappa shape index (κ3) is 3.34. The van der Waals surface area contributed by atoms with Gasteiger partial charge in [0.2, 0.25) is 5.95 Å². The van der Waals surface area contributed by atoms with Gasteiger partial charge in [-0.15, -0.1) is 0 Å². The van der Waals surface area contributed by atoms with Crippen LogP contribution in [0.2, 0.25) is 0 Å². The van der Waals surface area contributed by atoms with Gasteiger partial charge in [-0.3, -0.25) is 0 Å². The Morgan fingerprint density at radius 2 is 1.67 bits per heavy atom. The van der Waals surface area contributed by atoms with E-state index in [1.54, 1.807) is 0 Å². The van der Waals surface area contributed by atoms with Crippen molar-refractivity contribution in [3.63, 3.8) is 0 Å². The van der Waals surface area contributed by atoms with Crippen molar-refractivity contribution in [2.24, 2.45) is 0 Å². The minimum absolute atomic E-state index is 0.515. The van der Waals surface area contributed by atoms with Crippen molar-refractivity contribution in [2.45, 2.75) is 63.8 Å². The zero-order valence-electron chi connectivity index (χ0n) is 14.0. The molecule has 0 N–H and O–H groups in total. The molecule has 0 atom stereocenters. The average Bonchev–Trinajstić information content (AvgIpc) is 2.64. The van der Waals surface area contributed by atoms with Crippen molar-refractivity contribution in [2.75, 3.05) is 4.90 Å². The van der Waals surface area contributed by atoms with E-state index >= 15 is 0 Å². The number of hydrogen-bond donors (Lipinski definition) is 0. The van der Waals surface area contributed by atoms with Crippen molar-refractivity contribution in [1.82, 2.24) is 9.97 Å². The fourth-order valence-electron chi connectivity index (χ4n) is 4.01. The summed E-state index contributed by atoms with van der Waals surface area (Å²) in [5, 5.41) is 0. The highest BCUT2D eigenvalue weighted by molar-refractivity contribution is 9.10. The molecule has 24 heavy (non-hydrogen) atoms. The van der Waals surface area contributed by atoms with E-state index in [1.807, 2.05) is 0 Å². The van der Waals surface area contributed by atoms with Crippen LogP contribution in [0.15, 0.2) is 34.9 Å². The number of fused-ring (bicyclic) bond motifs is 1. The molecule has 0 radical (unpaired) electrons. The molecule has 0 unspecified atom stereocenters. The number of benzene rings is 1. The summed E-state index contributed by atoms with van der Waals surface area (Å²) in [7, 11) is 0. The van der Waals surface area contributed by atoms with Gasteiger partial charge in [-0.05, 0) is 68.4 Å². The predicted octanol–water partition coefficient (Wildman–Crippen LogP) is 5.59. The molecular weight excluding hydrogens is 362 g/mol. The third-order valence-corrected chi connectivity index (χ3v) is 5.84. The normalized spacial score (nSPS) is 18.2. The number of halogens is 1. The standard InChI is InChI=1S/C20H24BrN3/c21-16-10-12-18(13-11-16)24(17-7-2-1-3-8-17)20-22-14-15-6-4-5-9-19(15)23-20/h10-14,17H,1-9H2. The van der Waals surface area contributed by atoms with E-state index in [0.717, 1.165) is 23.3 Å². The van der Waals surface area contributed by atoms with Gasteiger partial charge in [-0.25, -0.2) is 9.97 Å². The molecule has 126 valence electrons. The SMILES string of the molecule is Brc1ccc(N(c2ncc3c(n2)CCCC3)C2CCCCC2)cc1. The Balaban J connectivity index is 1.72. The van der Waals surface area contributed by atoms with Crippen LogP contribution >= 0.6 is 15.9 Å². The van der Waals surface area contributed by atoms with Crippen LogP contribution in [0.3, 0.4) is 0 Å². The lowest BCUT2D eigenvalue weighted by Crippen LogP contribution is -2.34. The van der Waals surface area contributed by atoms with Crippen LogP contribution in [-0.2, 0) is 12.8 Å². The minimum atomic E-state index is 0.515. The van der Waals surface area contributed by atoms with E-state index in [1.165, 1.54) is 61.9 Å². The molecule has 2 aliphatic rings. The van der Waals surface area contributed by atoms with Crippen LogP contribution in [0.1, 0.15) is 56.2 Å². The first-order valence-corrected chi connectivity index (χ1v) is 10.0. The van der Waals surface area contributed by atoms with E-state index in [9.17, 15) is 0 Å². The summed E-state index contributed by atoms with van der Waals surface area (Å²) in [4.78, 5) is 12.1. The van der Waals surface area contributed by atoms with Gasteiger partial charge in [-0.1, -0.05) is 35.2 Å². The molecule has 3 nitrogen and oxygen atoms in total. The van der Waals surface area contributed by atoms with Gasteiger partial charge in [0.1, 0.15) is 0 Å². The van der Waals surface area contributed by atoms with Crippen LogP contribution in [-0.4, -0.2) is 16.0 Å². The maximum Gasteiger partial charge on any atom is 0.230 e. The van der Waals surface area contributed by atoms with Gasteiger partial charge in [0.15, 0.2) is 0 Å². The van der Waals surface area contributed by atoms with Crippen molar-refractivity contribution in [3.8, 4) is 0 Å². The summed E-state index contributed by atoms with van der Waals surface area (Å²) in [6.45, 7) is 0. The molecule has 2 aromatic rings. The number of aryl methyl sites for hydroxylation is 2. The summed E-state index contributed by atoms with van der Waals surface area (Å²) in [6, 6.07) is 9.11. The van der Waals surface area contributed by atoms with E-state index < -0.39 is 0 Å². The average molecular weight is 386 g/mol. The topological polar surface area (TPSA) is 29.0 Å². The largest absolute Gasteiger partial charge is 0.307 e. The zero-order chi connectivity index (χ0) is 16.4. The quantitative estimate of drug-likeness (QED) is 0.689. The van der Waals surface area contributed by atoms with Crippen molar-refractivity contribution in [1.29, 1.82) is 0 Å². The van der Waals surface area contributed by atoms with Crippen LogP contribution in [0.5, 0.6) is 0 Å². The van der Waals surface area contributed by atoms with E-state index in [0.29, 0.717) is 6.04 Å². The Kier molecular flexibility index (Phi) is 4.83. The summed E-state index contributed by atoms with van der Waals surface area (Å²) >= 11 is 3.55. The molecule has 0 bridgehead atoms. The minimum Gasteiger partial charge on any atom is -0.307 e. The molecule has 0 saturated heterocycles. The molecule has 1 aromatic carbocycles. The van der Waals surface area contributed by atoms with Crippen LogP contribution in [0.25, 0.3) is 0 Å². The lowest BCUT2D eigenvalue weighted by Gasteiger charge is -2.35. The fourth-order valence-corrected chi connectivity index (χ4v) is 4.28. The smallest absolute Gasteiger partial charge is 0.230 e. The molecule has 0 spiro atoms. The Hall–Kier alpha value is -1.42. The molecule has 4 rings (SSSR count). The highest BCUT2D eigenvalue weighted by Crippen LogP contribution is 2.33.